The van der Waals surface area contributed by atoms with Crippen molar-refractivity contribution >= 4 is 5.70 Å². The molecule has 3 heteroatoms. The number of rotatable bonds is 2. The van der Waals surface area contributed by atoms with E-state index in [1.165, 1.54) is 5.57 Å². The third-order valence-corrected chi connectivity index (χ3v) is 3.24. The summed E-state index contributed by atoms with van der Waals surface area (Å²) >= 11 is 0. The summed E-state index contributed by atoms with van der Waals surface area (Å²) in [6, 6.07) is 8.23. The van der Waals surface area contributed by atoms with E-state index >= 15 is 0 Å². The Bertz CT molecular complexity index is 691. The second-order valence-electron chi connectivity index (χ2n) is 4.67. The Kier molecular flexibility index (Phi) is 4.43. The number of imidazole rings is 1. The van der Waals surface area contributed by atoms with Crippen molar-refractivity contribution in [3.8, 4) is 0 Å². The summed E-state index contributed by atoms with van der Waals surface area (Å²) < 4.78 is 4.17. The molecule has 1 aliphatic rings. The van der Waals surface area contributed by atoms with Crippen LogP contribution < -0.4 is 0 Å². The fraction of sp³-hybridized carbons (Fsp3) is 0.0588. The number of aromatic nitrogens is 2. The van der Waals surface area contributed by atoms with Gasteiger partial charge in [0, 0.05) is 32.7 Å². The van der Waals surface area contributed by atoms with Crippen molar-refractivity contribution in [2.45, 2.75) is 0 Å². The Morgan fingerprint density at radius 2 is 1.80 bits per heavy atom. The van der Waals surface area contributed by atoms with Crippen molar-refractivity contribution in [1.82, 2.24) is 9.13 Å². The average molecular weight is 441 g/mol. The maximum Gasteiger partial charge on any atom is 0.165 e. The molecule has 0 spiro atoms. The first-order valence-electron chi connectivity index (χ1n) is 6.30. The van der Waals surface area contributed by atoms with Crippen molar-refractivity contribution in [3.63, 3.8) is 0 Å². The van der Waals surface area contributed by atoms with E-state index in [9.17, 15) is 0 Å². The molecule has 3 rings (SSSR count). The minimum Gasteiger partial charge on any atom is -0.255 e. The van der Waals surface area contributed by atoms with E-state index in [0.717, 1.165) is 16.8 Å². The summed E-state index contributed by atoms with van der Waals surface area (Å²) in [4.78, 5) is 0. The predicted molar refractivity (Wildman–Crippen MR) is 79.3 cm³/mol. The molecule has 1 aromatic carbocycles. The van der Waals surface area contributed by atoms with Gasteiger partial charge in [0.1, 0.15) is 12.4 Å². The molecule has 1 heterocycles. The van der Waals surface area contributed by atoms with Crippen LogP contribution in [0.25, 0.3) is 5.70 Å². The minimum absolute atomic E-state index is 0. The molecule has 0 saturated carbocycles. The summed E-state index contributed by atoms with van der Waals surface area (Å²) in [6.07, 6.45) is 14.5. The van der Waals surface area contributed by atoms with Crippen LogP contribution in [0.4, 0.5) is 0 Å². The maximum atomic E-state index is 4.14. The predicted octanol–water partition coefficient (Wildman–Crippen LogP) is 3.67. The van der Waals surface area contributed by atoms with Crippen molar-refractivity contribution in [3.05, 3.63) is 90.9 Å². The zero-order valence-electron chi connectivity index (χ0n) is 11.3. The smallest absolute Gasteiger partial charge is 0.165 e. The first-order valence-corrected chi connectivity index (χ1v) is 6.30. The van der Waals surface area contributed by atoms with E-state index in [2.05, 4.69) is 60.5 Å². The molecular formula is C17H16IrN2. The Labute approximate surface area is 133 Å². The molecule has 0 saturated heterocycles. The van der Waals surface area contributed by atoms with Gasteiger partial charge in [-0.05, 0) is 12.2 Å². The molecule has 0 N–H and O–H groups in total. The van der Waals surface area contributed by atoms with Gasteiger partial charge in [-0.25, -0.2) is 0 Å². The molecule has 1 aliphatic carbocycles. The van der Waals surface area contributed by atoms with Crippen LogP contribution in [0.3, 0.4) is 0 Å². The number of allylic oxidation sites excluding steroid dienone is 5. The second-order valence-corrected chi connectivity index (χ2v) is 4.67. The topological polar surface area (TPSA) is 9.86 Å². The Morgan fingerprint density at radius 3 is 2.40 bits per heavy atom. The molecule has 0 amide bonds. The molecule has 0 aliphatic heterocycles. The van der Waals surface area contributed by atoms with Crippen LogP contribution in [-0.4, -0.2) is 9.13 Å². The van der Waals surface area contributed by atoms with Gasteiger partial charge >= 0.3 is 0 Å². The summed E-state index contributed by atoms with van der Waals surface area (Å²) in [6.45, 7) is 4.14. The van der Waals surface area contributed by atoms with Crippen molar-refractivity contribution in [2.75, 3.05) is 0 Å². The van der Waals surface area contributed by atoms with Crippen LogP contribution in [0.5, 0.6) is 0 Å². The van der Waals surface area contributed by atoms with Crippen molar-refractivity contribution in [2.24, 2.45) is 7.05 Å². The monoisotopic (exact) mass is 441 g/mol. The van der Waals surface area contributed by atoms with Crippen LogP contribution in [0.1, 0.15) is 11.1 Å². The second kappa shape index (κ2) is 6.08. The zero-order chi connectivity index (χ0) is 13.2. The molecule has 2 aromatic rings. The molecular weight excluding hydrogens is 424 g/mol. The van der Waals surface area contributed by atoms with Crippen LogP contribution in [-0.2, 0) is 27.2 Å². The third-order valence-electron chi connectivity index (χ3n) is 3.24. The standard InChI is InChI=1S/C17H16N2.Ir/c1-14-7-3-6-10-16(14)17(15-8-4-5-9-15)19-12-11-18(2)13-19;/h3-13H,1H2,2H3;. The quantitative estimate of drug-likeness (QED) is 0.631. The van der Waals surface area contributed by atoms with Gasteiger partial charge in [0.05, 0.1) is 5.70 Å². The van der Waals surface area contributed by atoms with Gasteiger partial charge in [-0.3, -0.25) is 4.57 Å². The molecule has 2 nitrogen and oxygen atoms in total. The molecule has 103 valence electrons. The number of hydrogen-bond donors (Lipinski definition) is 0. The fourth-order valence-electron chi connectivity index (χ4n) is 2.31. The molecule has 0 atom stereocenters. The number of hydrogen-bond acceptors (Lipinski definition) is 0. The van der Waals surface area contributed by atoms with Crippen LogP contribution in [0, 0.1) is 6.92 Å². The first-order chi connectivity index (χ1) is 9.25. The molecule has 0 bridgehead atoms. The SMILES string of the molecule is [CH2-]c1ccccc1C(=C1C=CC=C1)n1ccn(C)[cH+]1.[Ir]. The summed E-state index contributed by atoms with van der Waals surface area (Å²) in [5.74, 6) is 0. The van der Waals surface area contributed by atoms with E-state index in [0.29, 0.717) is 0 Å². The summed E-state index contributed by atoms with van der Waals surface area (Å²) in [5, 5.41) is 0. The summed E-state index contributed by atoms with van der Waals surface area (Å²) in [7, 11) is 2.02. The van der Waals surface area contributed by atoms with Gasteiger partial charge in [0.15, 0.2) is 6.33 Å². The van der Waals surface area contributed by atoms with Crippen LogP contribution in [0.2, 0.25) is 0 Å². The Morgan fingerprint density at radius 1 is 1.10 bits per heavy atom. The van der Waals surface area contributed by atoms with Gasteiger partial charge in [-0.1, -0.05) is 29.8 Å². The van der Waals surface area contributed by atoms with E-state index in [1.54, 1.807) is 0 Å². The van der Waals surface area contributed by atoms with E-state index in [4.69, 9.17) is 0 Å². The average Bonchev–Trinajstić information content (AvgIpc) is 3.05. The van der Waals surface area contributed by atoms with Gasteiger partial charge in [0.25, 0.3) is 0 Å². The van der Waals surface area contributed by atoms with E-state index in [1.807, 2.05) is 29.9 Å². The first kappa shape index (κ1) is 14.6. The maximum absolute atomic E-state index is 4.14. The number of benzene rings is 1. The van der Waals surface area contributed by atoms with Crippen LogP contribution >= 0.6 is 0 Å². The molecule has 1 radical (unpaired) electrons. The normalized spacial score (nSPS) is 12.6. The van der Waals surface area contributed by atoms with E-state index < -0.39 is 0 Å². The van der Waals surface area contributed by atoms with Gasteiger partial charge < -0.3 is 0 Å². The molecule has 1 aromatic heterocycles. The Hall–Kier alpha value is -1.83. The minimum atomic E-state index is 0. The van der Waals surface area contributed by atoms with Crippen LogP contribution in [0.15, 0.2) is 72.9 Å². The largest absolute Gasteiger partial charge is 0.255 e. The zero-order valence-corrected chi connectivity index (χ0v) is 13.7. The van der Waals surface area contributed by atoms with Gasteiger partial charge in [0.2, 0.25) is 0 Å². The molecule has 0 fully saturated rings. The molecule has 20 heavy (non-hydrogen) atoms. The van der Waals surface area contributed by atoms with E-state index in [-0.39, 0.29) is 20.1 Å². The van der Waals surface area contributed by atoms with Crippen molar-refractivity contribution in [1.29, 1.82) is 0 Å². The van der Waals surface area contributed by atoms with Crippen molar-refractivity contribution < 1.29 is 20.1 Å². The molecule has 0 unspecified atom stereocenters. The fourth-order valence-corrected chi connectivity index (χ4v) is 2.31. The Balaban J connectivity index is 0.00000147. The summed E-state index contributed by atoms with van der Waals surface area (Å²) in [5.41, 5.74) is 4.56. The van der Waals surface area contributed by atoms with Gasteiger partial charge in [-0.2, -0.15) is 23.1 Å². The van der Waals surface area contributed by atoms with Gasteiger partial charge in [-0.15, -0.1) is 6.07 Å². The third kappa shape index (κ3) is 2.69. The number of nitrogens with zero attached hydrogens (tertiary/aromatic N) is 2. The number of aryl methyl sites for hydroxylation is 1.